The van der Waals surface area contributed by atoms with Gasteiger partial charge < -0.3 is 4.74 Å². The second kappa shape index (κ2) is 6.51. The number of benzene rings is 1. The Bertz CT molecular complexity index is 439. The van der Waals surface area contributed by atoms with Crippen LogP contribution >= 0.6 is 0 Å². The van der Waals surface area contributed by atoms with Crippen LogP contribution in [0.25, 0.3) is 0 Å². The minimum Gasteiger partial charge on any atom is -0.453 e. The summed E-state index contributed by atoms with van der Waals surface area (Å²) in [5.41, 5.74) is 4.75. The molecule has 0 amide bonds. The fraction of sp³-hybridized carbons (Fsp3) is 0.200. The SMILES string of the molecule is C=C=C(Cc1ccccc1)C(C=C)OC(C)=O. The lowest BCUT2D eigenvalue weighted by Gasteiger charge is -2.15. The summed E-state index contributed by atoms with van der Waals surface area (Å²) in [5, 5.41) is 0. The van der Waals surface area contributed by atoms with E-state index in [-0.39, 0.29) is 5.97 Å². The summed E-state index contributed by atoms with van der Waals surface area (Å²) in [4.78, 5) is 11.0. The summed E-state index contributed by atoms with van der Waals surface area (Å²) >= 11 is 0. The van der Waals surface area contributed by atoms with Crippen LogP contribution in [0.15, 0.2) is 60.9 Å². The van der Waals surface area contributed by atoms with Crippen molar-refractivity contribution in [2.75, 3.05) is 0 Å². The van der Waals surface area contributed by atoms with Crippen LogP contribution in [0.2, 0.25) is 0 Å². The van der Waals surface area contributed by atoms with Gasteiger partial charge in [0.2, 0.25) is 0 Å². The molecule has 1 atom stereocenters. The van der Waals surface area contributed by atoms with E-state index < -0.39 is 6.10 Å². The Kier molecular flexibility index (Phi) is 4.99. The highest BCUT2D eigenvalue weighted by Crippen LogP contribution is 2.14. The van der Waals surface area contributed by atoms with Crippen LogP contribution in [0.3, 0.4) is 0 Å². The zero-order valence-corrected chi connectivity index (χ0v) is 9.98. The highest BCUT2D eigenvalue weighted by molar-refractivity contribution is 5.66. The number of carbonyl (C=O) groups excluding carboxylic acids is 1. The Balaban J connectivity index is 2.81. The van der Waals surface area contributed by atoms with E-state index in [1.807, 2.05) is 30.3 Å². The normalized spacial score (nSPS) is 11.1. The first-order chi connectivity index (χ1) is 8.17. The summed E-state index contributed by atoms with van der Waals surface area (Å²) in [7, 11) is 0. The third-order valence-electron chi connectivity index (χ3n) is 2.31. The lowest BCUT2D eigenvalue weighted by molar-refractivity contribution is -0.142. The average Bonchev–Trinajstić information content (AvgIpc) is 2.34. The van der Waals surface area contributed by atoms with Gasteiger partial charge in [0.05, 0.1) is 0 Å². The van der Waals surface area contributed by atoms with E-state index in [2.05, 4.69) is 18.9 Å². The summed E-state index contributed by atoms with van der Waals surface area (Å²) in [6, 6.07) is 9.89. The lowest BCUT2D eigenvalue weighted by atomic mass is 10.0. The zero-order valence-electron chi connectivity index (χ0n) is 9.98. The van der Waals surface area contributed by atoms with Crippen LogP contribution in [-0.2, 0) is 16.0 Å². The minimum absolute atomic E-state index is 0.337. The molecule has 1 aromatic carbocycles. The maximum Gasteiger partial charge on any atom is 0.303 e. The van der Waals surface area contributed by atoms with Gasteiger partial charge in [-0.25, -0.2) is 0 Å². The molecule has 0 saturated heterocycles. The fourth-order valence-electron chi connectivity index (χ4n) is 1.52. The van der Waals surface area contributed by atoms with Crippen LogP contribution in [-0.4, -0.2) is 12.1 Å². The van der Waals surface area contributed by atoms with E-state index >= 15 is 0 Å². The topological polar surface area (TPSA) is 26.3 Å². The molecular formula is C15H16O2. The molecule has 0 aromatic heterocycles. The number of hydrogen-bond acceptors (Lipinski definition) is 2. The van der Waals surface area contributed by atoms with Gasteiger partial charge >= 0.3 is 5.97 Å². The van der Waals surface area contributed by atoms with E-state index in [0.29, 0.717) is 6.42 Å². The molecule has 1 unspecified atom stereocenters. The molecule has 17 heavy (non-hydrogen) atoms. The molecule has 1 aromatic rings. The van der Waals surface area contributed by atoms with Gasteiger partial charge in [0, 0.05) is 18.9 Å². The molecule has 0 aliphatic heterocycles. The molecule has 88 valence electrons. The molecule has 0 aliphatic rings. The molecule has 0 spiro atoms. The van der Waals surface area contributed by atoms with E-state index in [0.717, 1.165) is 11.1 Å². The molecule has 0 heterocycles. The number of rotatable bonds is 5. The van der Waals surface area contributed by atoms with E-state index in [1.54, 1.807) is 6.08 Å². The summed E-state index contributed by atoms with van der Waals surface area (Å²) in [6.07, 6.45) is 1.77. The first-order valence-corrected chi connectivity index (χ1v) is 5.40. The molecule has 0 fully saturated rings. The molecule has 0 bridgehead atoms. The van der Waals surface area contributed by atoms with Crippen LogP contribution in [0.1, 0.15) is 12.5 Å². The van der Waals surface area contributed by atoms with Crippen molar-refractivity contribution in [2.45, 2.75) is 19.4 Å². The molecule has 0 aliphatic carbocycles. The Hall–Kier alpha value is -2.05. The largest absolute Gasteiger partial charge is 0.453 e. The smallest absolute Gasteiger partial charge is 0.303 e. The van der Waals surface area contributed by atoms with Crippen molar-refractivity contribution in [1.29, 1.82) is 0 Å². The Labute approximate surface area is 102 Å². The predicted molar refractivity (Wildman–Crippen MR) is 68.6 cm³/mol. The van der Waals surface area contributed by atoms with Gasteiger partial charge in [-0.3, -0.25) is 4.79 Å². The zero-order chi connectivity index (χ0) is 12.7. The van der Waals surface area contributed by atoms with Gasteiger partial charge in [0.25, 0.3) is 0 Å². The van der Waals surface area contributed by atoms with Gasteiger partial charge in [-0.2, -0.15) is 0 Å². The van der Waals surface area contributed by atoms with Crippen LogP contribution in [0.5, 0.6) is 0 Å². The third-order valence-corrected chi connectivity index (χ3v) is 2.31. The highest BCUT2D eigenvalue weighted by atomic mass is 16.5. The first kappa shape index (κ1) is 13.0. The maximum absolute atomic E-state index is 11.0. The van der Waals surface area contributed by atoms with Crippen molar-refractivity contribution in [3.63, 3.8) is 0 Å². The van der Waals surface area contributed by atoms with Crippen LogP contribution < -0.4 is 0 Å². The van der Waals surface area contributed by atoms with Gasteiger partial charge in [-0.15, -0.1) is 5.73 Å². The second-order valence-corrected chi connectivity index (χ2v) is 3.63. The third kappa shape index (κ3) is 4.13. The van der Waals surface area contributed by atoms with E-state index in [9.17, 15) is 4.79 Å². The number of ether oxygens (including phenoxy) is 1. The average molecular weight is 228 g/mol. The van der Waals surface area contributed by atoms with E-state index in [4.69, 9.17) is 4.74 Å². The molecule has 0 N–H and O–H groups in total. The minimum atomic E-state index is -0.454. The molecule has 2 heteroatoms. The first-order valence-electron chi connectivity index (χ1n) is 5.40. The second-order valence-electron chi connectivity index (χ2n) is 3.63. The summed E-state index contributed by atoms with van der Waals surface area (Å²) in [5.74, 6) is -0.337. The molecule has 0 radical (unpaired) electrons. The predicted octanol–water partition coefficient (Wildman–Crippen LogP) is 3.06. The van der Waals surface area contributed by atoms with Crippen molar-refractivity contribution < 1.29 is 9.53 Å². The standard InChI is InChI=1S/C15H16O2/c1-4-14(15(5-2)17-12(3)16)11-13-9-7-6-8-10-13/h5-10,15H,1-2,11H2,3H3. The number of esters is 1. The van der Waals surface area contributed by atoms with Crippen molar-refractivity contribution in [1.82, 2.24) is 0 Å². The maximum atomic E-state index is 11.0. The Morgan fingerprint density at radius 3 is 2.59 bits per heavy atom. The molecule has 0 saturated carbocycles. The van der Waals surface area contributed by atoms with Gasteiger partial charge in [-0.05, 0) is 11.6 Å². The Morgan fingerprint density at radius 2 is 2.12 bits per heavy atom. The molecule has 1 rings (SSSR count). The van der Waals surface area contributed by atoms with Crippen molar-refractivity contribution in [3.05, 3.63) is 66.4 Å². The van der Waals surface area contributed by atoms with Crippen molar-refractivity contribution >= 4 is 5.97 Å². The summed E-state index contributed by atoms with van der Waals surface area (Å²) < 4.78 is 5.13. The highest BCUT2D eigenvalue weighted by Gasteiger charge is 2.13. The van der Waals surface area contributed by atoms with Crippen molar-refractivity contribution in [2.24, 2.45) is 0 Å². The van der Waals surface area contributed by atoms with Gasteiger partial charge in [0.1, 0.15) is 6.10 Å². The quantitative estimate of drug-likeness (QED) is 0.440. The monoisotopic (exact) mass is 228 g/mol. The lowest BCUT2D eigenvalue weighted by Crippen LogP contribution is -2.17. The van der Waals surface area contributed by atoms with Crippen molar-refractivity contribution in [3.8, 4) is 0 Å². The molecule has 2 nitrogen and oxygen atoms in total. The summed E-state index contributed by atoms with van der Waals surface area (Å²) in [6.45, 7) is 8.67. The molecular weight excluding hydrogens is 212 g/mol. The Morgan fingerprint density at radius 1 is 1.47 bits per heavy atom. The number of carbonyl (C=O) groups is 1. The fourth-order valence-corrected chi connectivity index (χ4v) is 1.52. The number of hydrogen-bond donors (Lipinski definition) is 0. The van der Waals surface area contributed by atoms with E-state index in [1.165, 1.54) is 6.92 Å². The van der Waals surface area contributed by atoms with Crippen LogP contribution in [0, 0.1) is 0 Å². The van der Waals surface area contributed by atoms with Crippen LogP contribution in [0.4, 0.5) is 0 Å². The van der Waals surface area contributed by atoms with Gasteiger partial charge in [-0.1, -0.05) is 43.5 Å². The van der Waals surface area contributed by atoms with Gasteiger partial charge in [0.15, 0.2) is 0 Å².